The third-order valence-electron chi connectivity index (χ3n) is 2.77. The summed E-state index contributed by atoms with van der Waals surface area (Å²) in [5.74, 6) is 0.574. The maximum Gasteiger partial charge on any atom is 0.224 e. The van der Waals surface area contributed by atoms with Gasteiger partial charge in [-0.25, -0.2) is 4.98 Å². The Bertz CT molecular complexity index is 599. The summed E-state index contributed by atoms with van der Waals surface area (Å²) in [6, 6.07) is 10.3. The van der Waals surface area contributed by atoms with Crippen molar-refractivity contribution in [1.29, 1.82) is 0 Å². The first-order valence-electron chi connectivity index (χ1n) is 6.21. The number of benzene rings is 1. The minimum Gasteiger partial charge on any atom is -0.508 e. The largest absolute Gasteiger partial charge is 0.508 e. The van der Waals surface area contributed by atoms with Gasteiger partial charge in [0.2, 0.25) is 11.8 Å². The van der Waals surface area contributed by atoms with Crippen LogP contribution in [0.1, 0.15) is 11.1 Å². The maximum atomic E-state index is 11.8. The molecule has 0 radical (unpaired) electrons. The van der Waals surface area contributed by atoms with Crippen molar-refractivity contribution in [2.24, 2.45) is 0 Å². The summed E-state index contributed by atoms with van der Waals surface area (Å²) in [5, 5.41) is 12.2. The van der Waals surface area contributed by atoms with Gasteiger partial charge in [-0.2, -0.15) is 0 Å². The van der Waals surface area contributed by atoms with E-state index in [9.17, 15) is 9.90 Å². The number of aromatic hydroxyl groups is 1. The van der Waals surface area contributed by atoms with Crippen LogP contribution in [0.2, 0.25) is 0 Å². The molecular weight excluding hydrogens is 256 g/mol. The molecule has 1 heterocycles. The van der Waals surface area contributed by atoms with Gasteiger partial charge in [0.15, 0.2) is 0 Å². The molecule has 0 spiro atoms. The summed E-state index contributed by atoms with van der Waals surface area (Å²) >= 11 is 0. The van der Waals surface area contributed by atoms with E-state index >= 15 is 0 Å². The van der Waals surface area contributed by atoms with Crippen molar-refractivity contribution in [3.63, 3.8) is 0 Å². The van der Waals surface area contributed by atoms with Crippen molar-refractivity contribution in [1.82, 2.24) is 10.3 Å². The topological polar surface area (TPSA) is 71.5 Å². The minimum atomic E-state index is -0.105. The van der Waals surface area contributed by atoms with E-state index in [2.05, 4.69) is 10.3 Å². The van der Waals surface area contributed by atoms with Crippen LogP contribution in [-0.2, 0) is 17.8 Å². The predicted molar refractivity (Wildman–Crippen MR) is 74.4 cm³/mol. The van der Waals surface area contributed by atoms with E-state index in [-0.39, 0.29) is 18.1 Å². The van der Waals surface area contributed by atoms with E-state index < -0.39 is 0 Å². The quantitative estimate of drug-likeness (QED) is 0.868. The number of aromatic nitrogens is 1. The molecule has 0 aliphatic rings. The number of carbonyl (C=O) groups is 1. The number of carbonyl (C=O) groups excluding carboxylic acids is 1. The van der Waals surface area contributed by atoms with E-state index in [1.807, 2.05) is 6.07 Å². The van der Waals surface area contributed by atoms with Gasteiger partial charge in [-0.1, -0.05) is 12.1 Å². The average molecular weight is 272 g/mol. The van der Waals surface area contributed by atoms with Crippen molar-refractivity contribution in [3.8, 4) is 11.6 Å². The van der Waals surface area contributed by atoms with Crippen molar-refractivity contribution in [3.05, 3.63) is 53.7 Å². The van der Waals surface area contributed by atoms with Crippen LogP contribution in [0, 0.1) is 0 Å². The van der Waals surface area contributed by atoms with Gasteiger partial charge in [0.25, 0.3) is 0 Å². The molecule has 2 aromatic rings. The highest BCUT2D eigenvalue weighted by Crippen LogP contribution is 2.11. The highest BCUT2D eigenvalue weighted by molar-refractivity contribution is 5.78. The number of hydrogen-bond donors (Lipinski definition) is 2. The Morgan fingerprint density at radius 3 is 2.90 bits per heavy atom. The Labute approximate surface area is 117 Å². The molecule has 5 heteroatoms. The molecule has 1 amide bonds. The van der Waals surface area contributed by atoms with Gasteiger partial charge in [-0.3, -0.25) is 4.79 Å². The lowest BCUT2D eigenvalue weighted by Crippen LogP contribution is -2.24. The lowest BCUT2D eigenvalue weighted by atomic mass is 10.1. The summed E-state index contributed by atoms with van der Waals surface area (Å²) in [6.07, 6.45) is 1.87. The average Bonchev–Trinajstić information content (AvgIpc) is 2.45. The van der Waals surface area contributed by atoms with E-state index in [0.717, 1.165) is 11.1 Å². The molecule has 0 atom stereocenters. The molecule has 20 heavy (non-hydrogen) atoms. The molecule has 104 valence electrons. The van der Waals surface area contributed by atoms with Crippen LogP contribution in [0.3, 0.4) is 0 Å². The van der Waals surface area contributed by atoms with Crippen molar-refractivity contribution in [2.45, 2.75) is 13.0 Å². The normalized spacial score (nSPS) is 10.1. The van der Waals surface area contributed by atoms with Crippen molar-refractivity contribution >= 4 is 5.91 Å². The maximum absolute atomic E-state index is 11.8. The highest BCUT2D eigenvalue weighted by Gasteiger charge is 2.04. The first-order chi connectivity index (χ1) is 9.67. The third-order valence-corrected chi connectivity index (χ3v) is 2.77. The molecule has 2 rings (SSSR count). The van der Waals surface area contributed by atoms with Gasteiger partial charge in [0.1, 0.15) is 5.75 Å². The van der Waals surface area contributed by atoms with Crippen molar-refractivity contribution < 1.29 is 14.6 Å². The fourth-order valence-corrected chi connectivity index (χ4v) is 1.79. The molecule has 0 saturated carbocycles. The molecule has 5 nitrogen and oxygen atoms in total. The monoisotopic (exact) mass is 272 g/mol. The first-order valence-corrected chi connectivity index (χ1v) is 6.21. The van der Waals surface area contributed by atoms with Crippen LogP contribution in [0.25, 0.3) is 0 Å². The number of hydrogen-bond acceptors (Lipinski definition) is 4. The summed E-state index contributed by atoms with van der Waals surface area (Å²) < 4.78 is 5.02. The molecular formula is C15H16N2O3. The lowest BCUT2D eigenvalue weighted by Gasteiger charge is -2.07. The Morgan fingerprint density at radius 1 is 1.30 bits per heavy atom. The molecule has 0 fully saturated rings. The summed E-state index contributed by atoms with van der Waals surface area (Å²) in [4.78, 5) is 15.8. The minimum absolute atomic E-state index is 0.105. The fourth-order valence-electron chi connectivity index (χ4n) is 1.79. The third kappa shape index (κ3) is 3.98. The number of rotatable bonds is 5. The van der Waals surface area contributed by atoms with E-state index in [4.69, 9.17) is 4.74 Å². The smallest absolute Gasteiger partial charge is 0.224 e. The van der Waals surface area contributed by atoms with E-state index in [1.54, 1.807) is 43.6 Å². The zero-order valence-corrected chi connectivity index (χ0v) is 11.2. The Balaban J connectivity index is 1.88. The van der Waals surface area contributed by atoms with Crippen LogP contribution in [-0.4, -0.2) is 23.1 Å². The van der Waals surface area contributed by atoms with Gasteiger partial charge < -0.3 is 15.2 Å². The number of phenols is 1. The van der Waals surface area contributed by atoms with Crippen LogP contribution in [0.5, 0.6) is 11.6 Å². The second kappa shape index (κ2) is 6.56. The van der Waals surface area contributed by atoms with Crippen LogP contribution >= 0.6 is 0 Å². The molecule has 0 bridgehead atoms. The zero-order chi connectivity index (χ0) is 14.4. The number of nitrogens with one attached hydrogen (secondary N) is 1. The number of phenolic OH excluding ortho intramolecular Hbond substituents is 1. The number of nitrogens with zero attached hydrogens (tertiary/aromatic N) is 1. The number of methoxy groups -OCH3 is 1. The van der Waals surface area contributed by atoms with E-state index in [0.29, 0.717) is 12.4 Å². The van der Waals surface area contributed by atoms with Gasteiger partial charge in [-0.15, -0.1) is 0 Å². The summed E-state index contributed by atoms with van der Waals surface area (Å²) in [6.45, 7) is 0.413. The van der Waals surface area contributed by atoms with Crippen molar-refractivity contribution in [2.75, 3.05) is 7.11 Å². The lowest BCUT2D eigenvalue weighted by molar-refractivity contribution is -0.120. The van der Waals surface area contributed by atoms with Crippen LogP contribution < -0.4 is 10.1 Å². The zero-order valence-electron chi connectivity index (χ0n) is 11.2. The van der Waals surface area contributed by atoms with Crippen LogP contribution in [0.4, 0.5) is 0 Å². The standard InChI is InChI=1S/C15H16N2O3/c1-20-15-9-12(5-6-16-15)10-17-14(19)8-11-3-2-4-13(18)7-11/h2-7,9,18H,8,10H2,1H3,(H,17,19). The Hall–Kier alpha value is -2.56. The predicted octanol–water partition coefficient (Wildman–Crippen LogP) is 1.65. The summed E-state index contributed by atoms with van der Waals surface area (Å²) in [7, 11) is 1.55. The van der Waals surface area contributed by atoms with Gasteiger partial charge in [-0.05, 0) is 29.3 Å². The molecule has 2 N–H and O–H groups in total. The molecule has 0 aliphatic heterocycles. The van der Waals surface area contributed by atoms with Gasteiger partial charge in [0.05, 0.1) is 13.5 Å². The Kier molecular flexibility index (Phi) is 4.55. The highest BCUT2D eigenvalue weighted by atomic mass is 16.5. The number of amides is 1. The van der Waals surface area contributed by atoms with E-state index in [1.165, 1.54) is 0 Å². The molecule has 0 unspecified atom stereocenters. The number of ether oxygens (including phenoxy) is 1. The molecule has 1 aromatic carbocycles. The van der Waals surface area contributed by atoms with Gasteiger partial charge in [0, 0.05) is 18.8 Å². The first kappa shape index (κ1) is 13.9. The number of pyridine rings is 1. The van der Waals surface area contributed by atoms with Crippen LogP contribution in [0.15, 0.2) is 42.6 Å². The molecule has 1 aromatic heterocycles. The Morgan fingerprint density at radius 2 is 2.15 bits per heavy atom. The summed E-state index contributed by atoms with van der Waals surface area (Å²) in [5.41, 5.74) is 1.69. The second-order valence-electron chi connectivity index (χ2n) is 4.33. The SMILES string of the molecule is COc1cc(CNC(=O)Cc2cccc(O)c2)ccn1. The van der Waals surface area contributed by atoms with Gasteiger partial charge >= 0.3 is 0 Å². The second-order valence-corrected chi connectivity index (χ2v) is 4.33. The molecule has 0 aliphatic carbocycles. The fraction of sp³-hybridized carbons (Fsp3) is 0.200. The molecule has 0 saturated heterocycles.